The molecule has 0 radical (unpaired) electrons. The van der Waals surface area contributed by atoms with Crippen molar-refractivity contribution >= 4 is 46.3 Å². The van der Waals surface area contributed by atoms with Gasteiger partial charge in [0.2, 0.25) is 5.91 Å². The van der Waals surface area contributed by atoms with Crippen molar-refractivity contribution in [2.75, 3.05) is 30.1 Å². The van der Waals surface area contributed by atoms with E-state index in [-0.39, 0.29) is 17.3 Å². The molecule has 0 heterocycles. The molecular formula is C16H16ClN3O3S. The molecule has 2 aromatic rings. The van der Waals surface area contributed by atoms with Gasteiger partial charge in [-0.25, -0.2) is 0 Å². The number of para-hydroxylation sites is 1. The molecule has 0 aliphatic carbocycles. The predicted molar refractivity (Wildman–Crippen MR) is 98.2 cm³/mol. The lowest BCUT2D eigenvalue weighted by atomic mass is 10.2. The van der Waals surface area contributed by atoms with E-state index in [1.54, 1.807) is 30.3 Å². The van der Waals surface area contributed by atoms with Gasteiger partial charge in [-0.2, -0.15) is 0 Å². The number of nitrogens with one attached hydrogen (secondary N) is 1. The monoisotopic (exact) mass is 365 g/mol. The van der Waals surface area contributed by atoms with Crippen molar-refractivity contribution in [3.63, 3.8) is 0 Å². The molecule has 2 rings (SSSR count). The Morgan fingerprint density at radius 3 is 2.50 bits per heavy atom. The average Bonchev–Trinajstić information content (AvgIpc) is 2.53. The van der Waals surface area contributed by atoms with Gasteiger partial charge in [0.25, 0.3) is 5.69 Å². The van der Waals surface area contributed by atoms with E-state index in [1.165, 1.54) is 23.9 Å². The summed E-state index contributed by atoms with van der Waals surface area (Å²) in [5.74, 6) is 0.0145. The molecule has 0 aliphatic heterocycles. The lowest BCUT2D eigenvalue weighted by molar-refractivity contribution is -0.384. The number of hydrogen-bond acceptors (Lipinski definition) is 5. The SMILES string of the molecule is CN(C)c1c(Cl)cccc1NC(=O)CSc1ccc([N+](=O)[O-])cc1. The Balaban J connectivity index is 1.99. The van der Waals surface area contributed by atoms with Gasteiger partial charge in [0.15, 0.2) is 0 Å². The Kier molecular flexibility index (Phi) is 6.05. The van der Waals surface area contributed by atoms with Crippen LogP contribution in [-0.2, 0) is 4.79 Å². The number of nitro groups is 1. The van der Waals surface area contributed by atoms with E-state index in [2.05, 4.69) is 5.32 Å². The molecule has 0 aliphatic rings. The first-order valence-corrected chi connectivity index (χ1v) is 8.38. The van der Waals surface area contributed by atoms with Gasteiger partial charge in [-0.05, 0) is 24.3 Å². The summed E-state index contributed by atoms with van der Waals surface area (Å²) < 4.78 is 0. The number of non-ortho nitro benzene ring substituents is 1. The highest BCUT2D eigenvalue weighted by atomic mass is 35.5. The third-order valence-corrected chi connectivity index (χ3v) is 4.44. The quantitative estimate of drug-likeness (QED) is 0.475. The molecule has 8 heteroatoms. The summed E-state index contributed by atoms with van der Waals surface area (Å²) in [6.45, 7) is 0. The molecule has 126 valence electrons. The summed E-state index contributed by atoms with van der Waals surface area (Å²) in [4.78, 5) is 24.9. The van der Waals surface area contributed by atoms with Crippen LogP contribution in [0.5, 0.6) is 0 Å². The van der Waals surface area contributed by atoms with Crippen LogP contribution in [0.15, 0.2) is 47.4 Å². The largest absolute Gasteiger partial charge is 0.375 e. The molecule has 0 spiro atoms. The van der Waals surface area contributed by atoms with Gasteiger partial charge >= 0.3 is 0 Å². The van der Waals surface area contributed by atoms with Crippen molar-refractivity contribution in [1.82, 2.24) is 0 Å². The van der Waals surface area contributed by atoms with Crippen LogP contribution < -0.4 is 10.2 Å². The summed E-state index contributed by atoms with van der Waals surface area (Å²) >= 11 is 7.47. The van der Waals surface area contributed by atoms with Crippen LogP contribution in [0.25, 0.3) is 0 Å². The summed E-state index contributed by atoms with van der Waals surface area (Å²) in [5.41, 5.74) is 1.41. The van der Waals surface area contributed by atoms with Crippen molar-refractivity contribution in [1.29, 1.82) is 0 Å². The number of amides is 1. The summed E-state index contributed by atoms with van der Waals surface area (Å²) in [5, 5.41) is 14.0. The van der Waals surface area contributed by atoms with Gasteiger partial charge < -0.3 is 10.2 Å². The third kappa shape index (κ3) is 4.62. The van der Waals surface area contributed by atoms with E-state index in [9.17, 15) is 14.9 Å². The molecule has 2 aromatic carbocycles. The second kappa shape index (κ2) is 8.03. The van der Waals surface area contributed by atoms with Crippen LogP contribution in [0.3, 0.4) is 0 Å². The van der Waals surface area contributed by atoms with Crippen molar-refractivity contribution < 1.29 is 9.72 Å². The van der Waals surface area contributed by atoms with Crippen LogP contribution in [0, 0.1) is 10.1 Å². The minimum atomic E-state index is -0.455. The number of thioether (sulfide) groups is 1. The first kappa shape index (κ1) is 18.1. The van der Waals surface area contributed by atoms with Crippen LogP contribution >= 0.6 is 23.4 Å². The lowest BCUT2D eigenvalue weighted by Crippen LogP contribution is -2.18. The van der Waals surface area contributed by atoms with E-state index in [0.29, 0.717) is 10.7 Å². The zero-order chi connectivity index (χ0) is 17.7. The molecule has 0 aromatic heterocycles. The molecule has 24 heavy (non-hydrogen) atoms. The van der Waals surface area contributed by atoms with E-state index in [1.807, 2.05) is 19.0 Å². The fraction of sp³-hybridized carbons (Fsp3) is 0.188. The Morgan fingerprint density at radius 1 is 1.25 bits per heavy atom. The van der Waals surface area contributed by atoms with Gasteiger partial charge in [0.05, 0.1) is 27.1 Å². The first-order valence-electron chi connectivity index (χ1n) is 7.01. The first-order chi connectivity index (χ1) is 11.4. The van der Waals surface area contributed by atoms with Crippen LogP contribution in [0.1, 0.15) is 0 Å². The Bertz CT molecular complexity index is 751. The van der Waals surface area contributed by atoms with Crippen molar-refractivity contribution in [3.8, 4) is 0 Å². The molecule has 0 fully saturated rings. The van der Waals surface area contributed by atoms with Gasteiger partial charge in [-0.3, -0.25) is 14.9 Å². The zero-order valence-corrected chi connectivity index (χ0v) is 14.7. The highest BCUT2D eigenvalue weighted by molar-refractivity contribution is 8.00. The van der Waals surface area contributed by atoms with E-state index >= 15 is 0 Å². The number of anilines is 2. The topological polar surface area (TPSA) is 75.5 Å². The molecular weight excluding hydrogens is 350 g/mol. The molecule has 1 N–H and O–H groups in total. The smallest absolute Gasteiger partial charge is 0.269 e. The second-order valence-corrected chi connectivity index (χ2v) is 6.57. The number of halogens is 1. The fourth-order valence-electron chi connectivity index (χ4n) is 2.07. The van der Waals surface area contributed by atoms with Crippen molar-refractivity contribution in [2.45, 2.75) is 4.90 Å². The minimum absolute atomic E-state index is 0.0263. The summed E-state index contributed by atoms with van der Waals surface area (Å²) in [6.07, 6.45) is 0. The summed E-state index contributed by atoms with van der Waals surface area (Å²) in [6, 6.07) is 11.4. The summed E-state index contributed by atoms with van der Waals surface area (Å²) in [7, 11) is 3.70. The highest BCUT2D eigenvalue weighted by Gasteiger charge is 2.12. The van der Waals surface area contributed by atoms with Crippen LogP contribution in [0.4, 0.5) is 17.1 Å². The number of benzene rings is 2. The minimum Gasteiger partial charge on any atom is -0.375 e. The van der Waals surface area contributed by atoms with Gasteiger partial charge in [0, 0.05) is 31.1 Å². The predicted octanol–water partition coefficient (Wildman–Crippen LogP) is 4.05. The third-order valence-electron chi connectivity index (χ3n) is 3.13. The van der Waals surface area contributed by atoms with Crippen molar-refractivity contribution in [3.05, 3.63) is 57.6 Å². The number of nitrogens with zero attached hydrogens (tertiary/aromatic N) is 2. The number of carbonyl (C=O) groups excluding carboxylic acids is 1. The van der Waals surface area contributed by atoms with E-state index < -0.39 is 4.92 Å². The maximum atomic E-state index is 12.1. The zero-order valence-electron chi connectivity index (χ0n) is 13.2. The maximum Gasteiger partial charge on any atom is 0.269 e. The highest BCUT2D eigenvalue weighted by Crippen LogP contribution is 2.32. The van der Waals surface area contributed by atoms with E-state index in [0.717, 1.165) is 10.6 Å². The van der Waals surface area contributed by atoms with Gasteiger partial charge in [-0.15, -0.1) is 11.8 Å². The normalized spacial score (nSPS) is 10.3. The Hall–Kier alpha value is -2.25. The molecule has 1 amide bonds. The molecule has 0 atom stereocenters. The number of hydrogen-bond donors (Lipinski definition) is 1. The van der Waals surface area contributed by atoms with Gasteiger partial charge in [0.1, 0.15) is 0 Å². The molecule has 0 unspecified atom stereocenters. The molecule has 0 saturated carbocycles. The Morgan fingerprint density at radius 2 is 1.92 bits per heavy atom. The lowest BCUT2D eigenvalue weighted by Gasteiger charge is -2.19. The van der Waals surface area contributed by atoms with Crippen LogP contribution in [0.2, 0.25) is 5.02 Å². The van der Waals surface area contributed by atoms with Crippen LogP contribution in [-0.4, -0.2) is 30.7 Å². The fourth-order valence-corrected chi connectivity index (χ4v) is 3.11. The number of carbonyl (C=O) groups is 1. The van der Waals surface area contributed by atoms with E-state index in [4.69, 9.17) is 11.6 Å². The molecule has 0 saturated heterocycles. The molecule has 6 nitrogen and oxygen atoms in total. The number of nitro benzene ring substituents is 1. The average molecular weight is 366 g/mol. The van der Waals surface area contributed by atoms with Gasteiger partial charge in [-0.1, -0.05) is 17.7 Å². The maximum absolute atomic E-state index is 12.1. The number of rotatable bonds is 6. The standard InChI is InChI=1S/C16H16ClN3O3S/c1-19(2)16-13(17)4-3-5-14(16)18-15(21)10-24-12-8-6-11(7-9-12)20(22)23/h3-9H,10H2,1-2H3,(H,18,21). The van der Waals surface area contributed by atoms with Crippen molar-refractivity contribution in [2.24, 2.45) is 0 Å². The second-order valence-electron chi connectivity index (χ2n) is 5.12. The molecule has 0 bridgehead atoms. The Labute approximate surface area is 148 Å².